The summed E-state index contributed by atoms with van der Waals surface area (Å²) in [6.45, 7) is 6.15. The topological polar surface area (TPSA) is 43.9 Å². The lowest BCUT2D eigenvalue weighted by molar-refractivity contribution is -0.144. The highest BCUT2D eigenvalue weighted by atomic mass is 16.2. The summed E-state index contributed by atoms with van der Waals surface area (Å²) in [5.41, 5.74) is 2.49. The Bertz CT molecular complexity index is 599. The molecule has 1 aromatic carbocycles. The van der Waals surface area contributed by atoms with Crippen LogP contribution in [-0.4, -0.2) is 61.4 Å². The Labute approximate surface area is 144 Å². The molecule has 1 aromatic rings. The minimum atomic E-state index is -0.125. The number of hydrogen-bond donors (Lipinski definition) is 0. The zero-order chi connectivity index (χ0) is 17.1. The van der Waals surface area contributed by atoms with Gasteiger partial charge in [0.05, 0.1) is 0 Å². The molecule has 0 aromatic heterocycles. The first kappa shape index (κ1) is 16.8. The first-order chi connectivity index (χ1) is 11.5. The van der Waals surface area contributed by atoms with E-state index in [-0.39, 0.29) is 17.7 Å². The van der Waals surface area contributed by atoms with E-state index >= 15 is 0 Å². The van der Waals surface area contributed by atoms with Crippen LogP contribution >= 0.6 is 0 Å². The highest BCUT2D eigenvalue weighted by molar-refractivity contribution is 5.87. The SMILES string of the molecule is Cc1ccc(N2CCCN(C(=O)[C@H]3CCN(C)C(=O)C3)CC2)cc1. The second-order valence-electron chi connectivity index (χ2n) is 7.01. The summed E-state index contributed by atoms with van der Waals surface area (Å²) in [5.74, 6) is 0.137. The molecule has 1 atom stereocenters. The fraction of sp³-hybridized carbons (Fsp3) is 0.579. The summed E-state index contributed by atoms with van der Waals surface area (Å²) in [6, 6.07) is 8.57. The largest absolute Gasteiger partial charge is 0.370 e. The highest BCUT2D eigenvalue weighted by Gasteiger charge is 2.32. The Kier molecular flexibility index (Phi) is 5.07. The molecule has 2 saturated heterocycles. The average molecular weight is 329 g/mol. The second kappa shape index (κ2) is 7.24. The summed E-state index contributed by atoms with van der Waals surface area (Å²) < 4.78 is 0. The molecule has 5 heteroatoms. The van der Waals surface area contributed by atoms with Gasteiger partial charge >= 0.3 is 0 Å². The molecule has 0 unspecified atom stereocenters. The van der Waals surface area contributed by atoms with Gasteiger partial charge < -0.3 is 14.7 Å². The maximum Gasteiger partial charge on any atom is 0.226 e. The monoisotopic (exact) mass is 329 g/mol. The van der Waals surface area contributed by atoms with Crippen molar-refractivity contribution in [3.8, 4) is 0 Å². The molecular formula is C19H27N3O2. The van der Waals surface area contributed by atoms with Gasteiger partial charge in [-0.05, 0) is 31.9 Å². The zero-order valence-electron chi connectivity index (χ0n) is 14.7. The molecule has 2 aliphatic heterocycles. The quantitative estimate of drug-likeness (QED) is 0.832. The summed E-state index contributed by atoms with van der Waals surface area (Å²) in [5, 5.41) is 0. The third-order valence-corrected chi connectivity index (χ3v) is 5.22. The van der Waals surface area contributed by atoms with Gasteiger partial charge in [0.15, 0.2) is 0 Å². The number of benzene rings is 1. The summed E-state index contributed by atoms with van der Waals surface area (Å²) >= 11 is 0. The van der Waals surface area contributed by atoms with Crippen LogP contribution in [0.25, 0.3) is 0 Å². The van der Waals surface area contributed by atoms with Crippen LogP contribution in [0.1, 0.15) is 24.8 Å². The number of nitrogens with zero attached hydrogens (tertiary/aromatic N) is 3. The minimum Gasteiger partial charge on any atom is -0.370 e. The van der Waals surface area contributed by atoms with E-state index in [1.54, 1.807) is 4.90 Å². The maximum absolute atomic E-state index is 12.8. The third kappa shape index (κ3) is 3.71. The van der Waals surface area contributed by atoms with Crippen molar-refractivity contribution in [3.63, 3.8) is 0 Å². The lowest BCUT2D eigenvalue weighted by Gasteiger charge is -2.31. The molecular weight excluding hydrogens is 302 g/mol. The van der Waals surface area contributed by atoms with Crippen molar-refractivity contribution in [2.75, 3.05) is 44.7 Å². The minimum absolute atomic E-state index is 0.0932. The van der Waals surface area contributed by atoms with Gasteiger partial charge in [0.1, 0.15) is 0 Å². The van der Waals surface area contributed by atoms with E-state index in [0.29, 0.717) is 13.0 Å². The van der Waals surface area contributed by atoms with Gasteiger partial charge in [-0.25, -0.2) is 0 Å². The number of amides is 2. The maximum atomic E-state index is 12.8. The summed E-state index contributed by atoms with van der Waals surface area (Å²) in [6.07, 6.45) is 2.13. The number of rotatable bonds is 2. The molecule has 0 aliphatic carbocycles. The van der Waals surface area contributed by atoms with Crippen molar-refractivity contribution in [3.05, 3.63) is 29.8 Å². The molecule has 2 amide bonds. The molecule has 2 aliphatic rings. The molecule has 130 valence electrons. The molecule has 0 N–H and O–H groups in total. The predicted octanol–water partition coefficient (Wildman–Crippen LogP) is 1.90. The second-order valence-corrected chi connectivity index (χ2v) is 7.01. The molecule has 0 saturated carbocycles. The molecule has 3 rings (SSSR count). The Balaban J connectivity index is 1.60. The Hall–Kier alpha value is -2.04. The van der Waals surface area contributed by atoms with Crippen LogP contribution in [0.3, 0.4) is 0 Å². The van der Waals surface area contributed by atoms with E-state index < -0.39 is 0 Å². The Morgan fingerprint density at radius 3 is 2.50 bits per heavy atom. The molecule has 0 bridgehead atoms. The van der Waals surface area contributed by atoms with Crippen LogP contribution in [-0.2, 0) is 9.59 Å². The molecule has 0 radical (unpaired) electrons. The molecule has 0 spiro atoms. The fourth-order valence-corrected chi connectivity index (χ4v) is 3.56. The van der Waals surface area contributed by atoms with Crippen molar-refractivity contribution < 1.29 is 9.59 Å². The first-order valence-corrected chi connectivity index (χ1v) is 8.89. The van der Waals surface area contributed by atoms with E-state index in [1.165, 1.54) is 11.3 Å². The Morgan fingerprint density at radius 1 is 1.04 bits per heavy atom. The van der Waals surface area contributed by atoms with E-state index in [1.807, 2.05) is 11.9 Å². The number of hydrogen-bond acceptors (Lipinski definition) is 3. The van der Waals surface area contributed by atoms with Crippen LogP contribution in [0.15, 0.2) is 24.3 Å². The smallest absolute Gasteiger partial charge is 0.226 e. The number of likely N-dealkylation sites (tertiary alicyclic amines) is 1. The molecule has 2 heterocycles. The third-order valence-electron chi connectivity index (χ3n) is 5.22. The fourth-order valence-electron chi connectivity index (χ4n) is 3.56. The molecule has 24 heavy (non-hydrogen) atoms. The summed E-state index contributed by atoms with van der Waals surface area (Å²) in [4.78, 5) is 30.7. The van der Waals surface area contributed by atoms with Gasteiger partial charge in [0.2, 0.25) is 11.8 Å². The van der Waals surface area contributed by atoms with Crippen LogP contribution in [0.5, 0.6) is 0 Å². The van der Waals surface area contributed by atoms with Crippen LogP contribution in [0.4, 0.5) is 5.69 Å². The van der Waals surface area contributed by atoms with Crippen molar-refractivity contribution >= 4 is 17.5 Å². The normalized spacial score (nSPS) is 22.5. The lowest BCUT2D eigenvalue weighted by atomic mass is 9.95. The van der Waals surface area contributed by atoms with Crippen molar-refractivity contribution in [1.29, 1.82) is 0 Å². The van der Waals surface area contributed by atoms with Crippen LogP contribution < -0.4 is 4.90 Å². The number of anilines is 1. The first-order valence-electron chi connectivity index (χ1n) is 8.89. The number of carbonyl (C=O) groups excluding carboxylic acids is 2. The van der Waals surface area contributed by atoms with Gasteiger partial charge in [-0.2, -0.15) is 0 Å². The van der Waals surface area contributed by atoms with Gasteiger partial charge in [-0.15, -0.1) is 0 Å². The van der Waals surface area contributed by atoms with Gasteiger partial charge in [0, 0.05) is 57.8 Å². The molecule has 2 fully saturated rings. The highest BCUT2D eigenvalue weighted by Crippen LogP contribution is 2.22. The standard InChI is InChI=1S/C19H27N3O2/c1-15-4-6-17(7-5-15)21-9-3-10-22(13-12-21)19(24)16-8-11-20(2)18(23)14-16/h4-7,16H,3,8-14H2,1-2H3/t16-/m0/s1. The van der Waals surface area contributed by atoms with Crippen LogP contribution in [0.2, 0.25) is 0 Å². The van der Waals surface area contributed by atoms with Gasteiger partial charge in [-0.3, -0.25) is 9.59 Å². The van der Waals surface area contributed by atoms with Gasteiger partial charge in [0.25, 0.3) is 0 Å². The van der Waals surface area contributed by atoms with Crippen molar-refractivity contribution in [2.24, 2.45) is 5.92 Å². The summed E-state index contributed by atoms with van der Waals surface area (Å²) in [7, 11) is 1.81. The molecule has 5 nitrogen and oxygen atoms in total. The van der Waals surface area contributed by atoms with E-state index in [2.05, 4.69) is 36.1 Å². The van der Waals surface area contributed by atoms with Crippen molar-refractivity contribution in [2.45, 2.75) is 26.2 Å². The van der Waals surface area contributed by atoms with E-state index in [0.717, 1.165) is 39.0 Å². The van der Waals surface area contributed by atoms with Crippen molar-refractivity contribution in [1.82, 2.24) is 9.80 Å². The zero-order valence-corrected chi connectivity index (χ0v) is 14.7. The predicted molar refractivity (Wildman–Crippen MR) is 95.0 cm³/mol. The Morgan fingerprint density at radius 2 is 1.79 bits per heavy atom. The number of carbonyl (C=O) groups is 2. The lowest BCUT2D eigenvalue weighted by Crippen LogP contribution is -2.44. The number of aryl methyl sites for hydroxylation is 1. The number of piperidine rings is 1. The van der Waals surface area contributed by atoms with E-state index in [4.69, 9.17) is 0 Å². The van der Waals surface area contributed by atoms with Gasteiger partial charge in [-0.1, -0.05) is 17.7 Å². The average Bonchev–Trinajstić information content (AvgIpc) is 2.83. The van der Waals surface area contributed by atoms with Crippen LogP contribution in [0, 0.1) is 12.8 Å². The van der Waals surface area contributed by atoms with E-state index in [9.17, 15) is 9.59 Å².